The molecule has 21 heavy (non-hydrogen) atoms. The van der Waals surface area contributed by atoms with Crippen LogP contribution in [0.25, 0.3) is 0 Å². The van der Waals surface area contributed by atoms with Crippen LogP contribution >= 0.6 is 0 Å². The first-order valence-corrected chi connectivity index (χ1v) is 9.90. The lowest BCUT2D eigenvalue weighted by atomic mass is 10.1. The van der Waals surface area contributed by atoms with Crippen LogP contribution in [0.4, 0.5) is 0 Å². The highest BCUT2D eigenvalue weighted by Crippen LogP contribution is 2.24. The molecule has 2 rings (SSSR count). The number of ether oxygens (including phenoxy) is 1. The molecule has 0 bridgehead atoms. The molecule has 2 saturated heterocycles. The number of morpholine rings is 1. The first-order valence-electron chi connectivity index (χ1n) is 8.29. The van der Waals surface area contributed by atoms with E-state index < -0.39 is 10.0 Å². The molecule has 2 aliphatic heterocycles. The molecule has 0 spiro atoms. The second kappa shape index (κ2) is 7.40. The van der Waals surface area contributed by atoms with Gasteiger partial charge in [0.2, 0.25) is 10.0 Å². The zero-order valence-electron chi connectivity index (χ0n) is 13.6. The largest absolute Gasteiger partial charge is 0.373 e. The number of rotatable bonds is 6. The Morgan fingerprint density at radius 2 is 1.86 bits per heavy atom. The van der Waals surface area contributed by atoms with Gasteiger partial charge in [-0.3, -0.25) is 4.90 Å². The van der Waals surface area contributed by atoms with Crippen LogP contribution in [0.1, 0.15) is 46.5 Å². The fourth-order valence-electron chi connectivity index (χ4n) is 3.53. The molecule has 0 aromatic carbocycles. The Bertz CT molecular complexity index is 417. The highest BCUT2D eigenvalue weighted by atomic mass is 32.2. The van der Waals surface area contributed by atoms with Crippen LogP contribution in [0, 0.1) is 0 Å². The van der Waals surface area contributed by atoms with Gasteiger partial charge in [0, 0.05) is 32.2 Å². The maximum Gasteiger partial charge on any atom is 0.214 e. The Balaban J connectivity index is 1.95. The summed E-state index contributed by atoms with van der Waals surface area (Å²) in [6.45, 7) is 9.58. The van der Waals surface area contributed by atoms with E-state index in [0.29, 0.717) is 12.3 Å². The smallest absolute Gasteiger partial charge is 0.214 e. The summed E-state index contributed by atoms with van der Waals surface area (Å²) in [7, 11) is -3.07. The van der Waals surface area contributed by atoms with Crippen molar-refractivity contribution in [3.8, 4) is 0 Å². The van der Waals surface area contributed by atoms with Crippen molar-refractivity contribution >= 4 is 10.0 Å². The molecule has 6 heteroatoms. The quantitative estimate of drug-likeness (QED) is 0.748. The number of unbranched alkanes of at least 4 members (excludes halogenated alkanes) is 1. The highest BCUT2D eigenvalue weighted by Gasteiger charge is 2.35. The summed E-state index contributed by atoms with van der Waals surface area (Å²) in [6.07, 6.45) is 4.14. The highest BCUT2D eigenvalue weighted by molar-refractivity contribution is 7.89. The molecule has 2 fully saturated rings. The fraction of sp³-hybridized carbons (Fsp3) is 1.00. The molecule has 0 saturated carbocycles. The number of nitrogens with zero attached hydrogens (tertiary/aromatic N) is 2. The van der Waals surface area contributed by atoms with E-state index in [1.807, 2.05) is 6.92 Å². The van der Waals surface area contributed by atoms with Gasteiger partial charge in [0.05, 0.1) is 18.0 Å². The Hall–Kier alpha value is -0.170. The molecule has 0 N–H and O–H groups in total. The van der Waals surface area contributed by atoms with Gasteiger partial charge >= 0.3 is 0 Å². The first kappa shape index (κ1) is 17.2. The van der Waals surface area contributed by atoms with Crippen LogP contribution in [0.2, 0.25) is 0 Å². The molecule has 3 atom stereocenters. The zero-order chi connectivity index (χ0) is 15.5. The topological polar surface area (TPSA) is 49.9 Å². The summed E-state index contributed by atoms with van der Waals surface area (Å²) in [5.41, 5.74) is 0. The summed E-state index contributed by atoms with van der Waals surface area (Å²) < 4.78 is 32.4. The Kier molecular flexibility index (Phi) is 6.05. The average molecular weight is 318 g/mol. The molecule has 5 nitrogen and oxygen atoms in total. The summed E-state index contributed by atoms with van der Waals surface area (Å²) in [5.74, 6) is 0.302. The number of hydrogen-bond donors (Lipinski definition) is 0. The lowest BCUT2D eigenvalue weighted by molar-refractivity contribution is -0.0707. The van der Waals surface area contributed by atoms with E-state index in [1.165, 1.54) is 0 Å². The van der Waals surface area contributed by atoms with E-state index in [4.69, 9.17) is 4.74 Å². The van der Waals surface area contributed by atoms with E-state index >= 15 is 0 Å². The fourth-order valence-corrected chi connectivity index (χ4v) is 5.45. The van der Waals surface area contributed by atoms with E-state index in [9.17, 15) is 8.42 Å². The summed E-state index contributed by atoms with van der Waals surface area (Å²) in [6, 6.07) is 0.157. The van der Waals surface area contributed by atoms with Crippen molar-refractivity contribution in [2.75, 3.05) is 31.9 Å². The molecule has 0 radical (unpaired) electrons. The molecule has 2 aliphatic rings. The van der Waals surface area contributed by atoms with Gasteiger partial charge in [0.1, 0.15) is 0 Å². The van der Waals surface area contributed by atoms with Gasteiger partial charge in [0.25, 0.3) is 0 Å². The van der Waals surface area contributed by atoms with Crippen molar-refractivity contribution in [3.63, 3.8) is 0 Å². The Labute approximate surface area is 129 Å². The van der Waals surface area contributed by atoms with Crippen LogP contribution in [0.15, 0.2) is 0 Å². The standard InChI is InChI=1S/C15H30N2O3S/c1-4-5-9-21(18,19)17-8-6-7-15(17)12-16-10-13(2)20-14(3)11-16/h13-15H,4-12H2,1-3H3/t13-,14+,15-/m0/s1. The van der Waals surface area contributed by atoms with Gasteiger partial charge in [0.15, 0.2) is 0 Å². The van der Waals surface area contributed by atoms with Gasteiger partial charge in [-0.1, -0.05) is 13.3 Å². The van der Waals surface area contributed by atoms with Crippen LogP contribution in [0.3, 0.4) is 0 Å². The SMILES string of the molecule is CCCCS(=O)(=O)N1CCC[C@H]1CN1C[C@@H](C)O[C@@H](C)C1. The number of hydrogen-bond acceptors (Lipinski definition) is 4. The molecule has 0 amide bonds. The van der Waals surface area contributed by atoms with Crippen molar-refractivity contribution in [1.29, 1.82) is 0 Å². The molecule has 2 heterocycles. The summed E-state index contributed by atoms with van der Waals surface area (Å²) in [5, 5.41) is 0. The molecule has 124 valence electrons. The van der Waals surface area contributed by atoms with E-state index in [1.54, 1.807) is 4.31 Å². The third kappa shape index (κ3) is 4.65. The third-order valence-corrected chi connectivity index (χ3v) is 6.40. The van der Waals surface area contributed by atoms with E-state index in [2.05, 4.69) is 18.7 Å². The lowest BCUT2D eigenvalue weighted by Gasteiger charge is -2.38. The summed E-state index contributed by atoms with van der Waals surface area (Å²) in [4.78, 5) is 2.37. The van der Waals surface area contributed by atoms with Crippen molar-refractivity contribution < 1.29 is 13.2 Å². The molecular weight excluding hydrogens is 288 g/mol. The van der Waals surface area contributed by atoms with Gasteiger partial charge < -0.3 is 4.74 Å². The molecule has 0 unspecified atom stereocenters. The Morgan fingerprint density at radius 1 is 1.19 bits per heavy atom. The van der Waals surface area contributed by atoms with Crippen molar-refractivity contribution in [3.05, 3.63) is 0 Å². The first-order chi connectivity index (χ1) is 9.92. The maximum absolute atomic E-state index is 12.5. The average Bonchev–Trinajstić information content (AvgIpc) is 2.84. The van der Waals surface area contributed by atoms with Crippen LogP contribution < -0.4 is 0 Å². The predicted molar refractivity (Wildman–Crippen MR) is 84.9 cm³/mol. The second-order valence-corrected chi connectivity index (χ2v) is 8.59. The van der Waals surface area contributed by atoms with Crippen molar-refractivity contribution in [2.45, 2.75) is 64.7 Å². The molecule has 0 aromatic heterocycles. The monoisotopic (exact) mass is 318 g/mol. The molecule has 0 aromatic rings. The van der Waals surface area contributed by atoms with Crippen LogP contribution in [-0.2, 0) is 14.8 Å². The predicted octanol–water partition coefficient (Wildman–Crippen LogP) is 1.69. The van der Waals surface area contributed by atoms with E-state index in [0.717, 1.165) is 45.3 Å². The molecular formula is C15H30N2O3S. The minimum atomic E-state index is -3.07. The van der Waals surface area contributed by atoms with E-state index in [-0.39, 0.29) is 18.2 Å². The van der Waals surface area contributed by atoms with Crippen molar-refractivity contribution in [2.24, 2.45) is 0 Å². The normalized spacial score (nSPS) is 32.6. The zero-order valence-corrected chi connectivity index (χ0v) is 14.4. The van der Waals surface area contributed by atoms with Gasteiger partial charge in [-0.25, -0.2) is 8.42 Å². The van der Waals surface area contributed by atoms with Gasteiger partial charge in [-0.2, -0.15) is 4.31 Å². The minimum Gasteiger partial charge on any atom is -0.373 e. The second-order valence-electron chi connectivity index (χ2n) is 6.55. The van der Waals surface area contributed by atoms with Crippen molar-refractivity contribution in [1.82, 2.24) is 9.21 Å². The lowest BCUT2D eigenvalue weighted by Crippen LogP contribution is -2.51. The summed E-state index contributed by atoms with van der Waals surface area (Å²) >= 11 is 0. The third-order valence-electron chi connectivity index (χ3n) is 4.40. The Morgan fingerprint density at radius 3 is 2.48 bits per heavy atom. The maximum atomic E-state index is 12.5. The van der Waals surface area contributed by atoms with Gasteiger partial charge in [-0.05, 0) is 33.1 Å². The van der Waals surface area contributed by atoms with Gasteiger partial charge in [-0.15, -0.1) is 0 Å². The van der Waals surface area contributed by atoms with Crippen LogP contribution in [0.5, 0.6) is 0 Å². The molecule has 0 aliphatic carbocycles. The minimum absolute atomic E-state index is 0.157. The van der Waals surface area contributed by atoms with Crippen LogP contribution in [-0.4, -0.2) is 67.8 Å². The number of sulfonamides is 1.